The van der Waals surface area contributed by atoms with E-state index in [2.05, 4.69) is 48.5 Å². The van der Waals surface area contributed by atoms with Gasteiger partial charge in [-0.1, -0.05) is 0 Å². The van der Waals surface area contributed by atoms with Gasteiger partial charge in [0, 0.05) is 6.20 Å². The molecule has 2 rings (SSSR count). The van der Waals surface area contributed by atoms with Crippen LogP contribution in [0.15, 0.2) is 35.2 Å². The summed E-state index contributed by atoms with van der Waals surface area (Å²) in [6.45, 7) is 0. The number of carboxylic acid groups (broad SMARTS) is 1. The van der Waals surface area contributed by atoms with Crippen LogP contribution in [0.3, 0.4) is 0 Å². The molecule has 7 heteroatoms. The van der Waals surface area contributed by atoms with Gasteiger partial charge < -0.3 is 9.84 Å². The van der Waals surface area contributed by atoms with Gasteiger partial charge in [-0.2, -0.15) is 0 Å². The Bertz CT molecular complexity index is 607. The lowest BCUT2D eigenvalue weighted by molar-refractivity contribution is 0.0696. The summed E-state index contributed by atoms with van der Waals surface area (Å²) in [5.74, 6) is -0.224. The normalized spacial score (nSPS) is 10.1. The largest absolute Gasteiger partial charge is 0.478 e. The van der Waals surface area contributed by atoms with Crippen molar-refractivity contribution >= 4 is 44.5 Å². The molecule has 92 valence electrons. The zero-order chi connectivity index (χ0) is 13.1. The summed E-state index contributed by atoms with van der Waals surface area (Å²) < 4.78 is 6.96. The molecule has 0 amide bonds. The monoisotopic (exact) mass is 420 g/mol. The van der Waals surface area contributed by atoms with Crippen molar-refractivity contribution in [1.29, 1.82) is 0 Å². The number of aromatic nitrogens is 2. The van der Waals surface area contributed by atoms with Gasteiger partial charge in [-0.25, -0.2) is 14.8 Å². The highest BCUT2D eigenvalue weighted by Gasteiger charge is 2.11. The average molecular weight is 421 g/mol. The van der Waals surface area contributed by atoms with Crippen LogP contribution in [0.2, 0.25) is 0 Å². The Morgan fingerprint density at radius 2 is 2.22 bits per heavy atom. The van der Waals surface area contributed by atoms with E-state index in [-0.39, 0.29) is 5.56 Å². The van der Waals surface area contributed by atoms with Crippen LogP contribution < -0.4 is 4.74 Å². The van der Waals surface area contributed by atoms with Crippen molar-refractivity contribution in [2.45, 2.75) is 0 Å². The van der Waals surface area contributed by atoms with Gasteiger partial charge in [0.25, 0.3) is 0 Å². The standard InChI is InChI=1S/C11H6BrIN2O3/c12-7-4-14-5-15-10(7)18-9-3-6(11(16)17)1-2-8(9)13/h1-5H,(H,16,17). The molecule has 18 heavy (non-hydrogen) atoms. The number of halogens is 2. The van der Waals surface area contributed by atoms with Gasteiger partial charge in [-0.05, 0) is 56.7 Å². The van der Waals surface area contributed by atoms with Gasteiger partial charge in [0.05, 0.1) is 13.6 Å². The number of carboxylic acids is 1. The fraction of sp³-hybridized carbons (Fsp3) is 0. The van der Waals surface area contributed by atoms with E-state index in [0.717, 1.165) is 3.57 Å². The summed E-state index contributed by atoms with van der Waals surface area (Å²) >= 11 is 5.32. The lowest BCUT2D eigenvalue weighted by Crippen LogP contribution is -1.98. The van der Waals surface area contributed by atoms with Crippen LogP contribution in [0.5, 0.6) is 11.6 Å². The molecule has 0 unspecified atom stereocenters. The van der Waals surface area contributed by atoms with Gasteiger partial charge in [0.1, 0.15) is 12.1 Å². The molecule has 1 N–H and O–H groups in total. The Labute approximate surface area is 124 Å². The molecule has 0 fully saturated rings. The van der Waals surface area contributed by atoms with Crippen LogP contribution in [-0.2, 0) is 0 Å². The summed E-state index contributed by atoms with van der Waals surface area (Å²) in [5, 5.41) is 8.93. The van der Waals surface area contributed by atoms with Crippen LogP contribution in [-0.4, -0.2) is 21.0 Å². The molecule has 0 atom stereocenters. The molecule has 0 aliphatic heterocycles. The number of aromatic carboxylic acids is 1. The van der Waals surface area contributed by atoms with Gasteiger partial charge in [0.2, 0.25) is 5.88 Å². The molecule has 1 aromatic heterocycles. The molecule has 0 aliphatic carbocycles. The number of nitrogens with zero attached hydrogens (tertiary/aromatic N) is 2. The number of hydrogen-bond donors (Lipinski definition) is 1. The number of carbonyl (C=O) groups is 1. The second kappa shape index (κ2) is 5.61. The van der Waals surface area contributed by atoms with E-state index in [1.54, 1.807) is 12.3 Å². The highest BCUT2D eigenvalue weighted by molar-refractivity contribution is 14.1. The molecular formula is C11H6BrIN2O3. The third kappa shape index (κ3) is 2.96. The van der Waals surface area contributed by atoms with Crippen molar-refractivity contribution in [3.63, 3.8) is 0 Å². The maximum atomic E-state index is 10.9. The van der Waals surface area contributed by atoms with Crippen molar-refractivity contribution in [3.05, 3.63) is 44.3 Å². The maximum Gasteiger partial charge on any atom is 0.335 e. The summed E-state index contributed by atoms with van der Waals surface area (Å²) in [4.78, 5) is 18.7. The third-order valence-electron chi connectivity index (χ3n) is 2.02. The van der Waals surface area contributed by atoms with E-state index in [1.165, 1.54) is 18.5 Å². The van der Waals surface area contributed by atoms with Crippen LogP contribution >= 0.6 is 38.5 Å². The quantitative estimate of drug-likeness (QED) is 0.771. The highest BCUT2D eigenvalue weighted by Crippen LogP contribution is 2.30. The third-order valence-corrected chi connectivity index (χ3v) is 3.45. The van der Waals surface area contributed by atoms with Crippen molar-refractivity contribution in [2.75, 3.05) is 0 Å². The van der Waals surface area contributed by atoms with Gasteiger partial charge >= 0.3 is 5.97 Å². The topological polar surface area (TPSA) is 72.3 Å². The lowest BCUT2D eigenvalue weighted by Gasteiger charge is -2.08. The predicted molar refractivity (Wildman–Crippen MR) is 75.9 cm³/mol. The lowest BCUT2D eigenvalue weighted by atomic mass is 10.2. The van der Waals surface area contributed by atoms with E-state index in [0.29, 0.717) is 16.1 Å². The molecule has 0 radical (unpaired) electrons. The highest BCUT2D eigenvalue weighted by atomic mass is 127. The minimum atomic E-state index is -1.00. The van der Waals surface area contributed by atoms with E-state index >= 15 is 0 Å². The average Bonchev–Trinajstić information content (AvgIpc) is 2.34. The molecule has 0 saturated carbocycles. The Hall–Kier alpha value is -1.22. The molecule has 0 bridgehead atoms. The minimum absolute atomic E-state index is 0.163. The second-order valence-corrected chi connectivity index (χ2v) is 5.24. The van der Waals surface area contributed by atoms with Gasteiger partial charge in [-0.3, -0.25) is 0 Å². The van der Waals surface area contributed by atoms with Crippen molar-refractivity contribution in [2.24, 2.45) is 0 Å². The second-order valence-electron chi connectivity index (χ2n) is 3.23. The molecule has 1 aromatic carbocycles. The first-order valence-corrected chi connectivity index (χ1v) is 6.61. The Balaban J connectivity index is 2.37. The van der Waals surface area contributed by atoms with Gasteiger partial charge in [-0.15, -0.1) is 0 Å². The van der Waals surface area contributed by atoms with Crippen molar-refractivity contribution in [3.8, 4) is 11.6 Å². The maximum absolute atomic E-state index is 10.9. The fourth-order valence-electron chi connectivity index (χ4n) is 1.20. The zero-order valence-corrected chi connectivity index (χ0v) is 12.5. The summed E-state index contributed by atoms with van der Waals surface area (Å²) in [6, 6.07) is 4.65. The smallest absolute Gasteiger partial charge is 0.335 e. The first-order valence-electron chi connectivity index (χ1n) is 4.74. The first kappa shape index (κ1) is 13.2. The van der Waals surface area contributed by atoms with E-state index in [1.807, 2.05) is 0 Å². The SMILES string of the molecule is O=C(O)c1ccc(I)c(Oc2ncncc2Br)c1. The number of ether oxygens (including phenoxy) is 1. The zero-order valence-electron chi connectivity index (χ0n) is 8.80. The van der Waals surface area contributed by atoms with Crippen LogP contribution in [0.1, 0.15) is 10.4 Å². The number of benzene rings is 1. The predicted octanol–water partition coefficient (Wildman–Crippen LogP) is 3.33. The molecule has 5 nitrogen and oxygen atoms in total. The molecule has 0 saturated heterocycles. The molecule has 0 aliphatic rings. The Morgan fingerprint density at radius 3 is 2.89 bits per heavy atom. The van der Waals surface area contributed by atoms with Crippen molar-refractivity contribution in [1.82, 2.24) is 9.97 Å². The van der Waals surface area contributed by atoms with E-state index < -0.39 is 5.97 Å². The minimum Gasteiger partial charge on any atom is -0.478 e. The Kier molecular flexibility index (Phi) is 4.12. The van der Waals surface area contributed by atoms with Crippen LogP contribution in [0.4, 0.5) is 0 Å². The van der Waals surface area contributed by atoms with Crippen molar-refractivity contribution < 1.29 is 14.6 Å². The Morgan fingerprint density at radius 1 is 1.44 bits per heavy atom. The fourth-order valence-corrected chi connectivity index (χ4v) is 1.94. The van der Waals surface area contributed by atoms with E-state index in [9.17, 15) is 4.79 Å². The molecule has 1 heterocycles. The number of hydrogen-bond acceptors (Lipinski definition) is 4. The molecule has 0 spiro atoms. The van der Waals surface area contributed by atoms with Gasteiger partial charge in [0.15, 0.2) is 0 Å². The summed E-state index contributed by atoms with van der Waals surface area (Å²) in [7, 11) is 0. The summed E-state index contributed by atoms with van der Waals surface area (Å²) in [5.41, 5.74) is 0.163. The summed E-state index contributed by atoms with van der Waals surface area (Å²) in [6.07, 6.45) is 2.91. The number of rotatable bonds is 3. The van der Waals surface area contributed by atoms with E-state index in [4.69, 9.17) is 9.84 Å². The first-order chi connectivity index (χ1) is 8.58. The molecular weight excluding hydrogens is 415 g/mol. The molecule has 2 aromatic rings. The van der Waals surface area contributed by atoms with Crippen LogP contribution in [0, 0.1) is 3.57 Å². The van der Waals surface area contributed by atoms with Crippen LogP contribution in [0.25, 0.3) is 0 Å².